The Kier molecular flexibility index (Phi) is 4.36. The van der Waals surface area contributed by atoms with Crippen LogP contribution in [0.4, 0.5) is 0 Å². The van der Waals surface area contributed by atoms with Gasteiger partial charge in [-0.1, -0.05) is 6.07 Å². The van der Waals surface area contributed by atoms with E-state index in [0.29, 0.717) is 12.6 Å². The summed E-state index contributed by atoms with van der Waals surface area (Å²) in [5.74, 6) is 1.69. The van der Waals surface area contributed by atoms with Gasteiger partial charge in [0.15, 0.2) is 0 Å². The van der Waals surface area contributed by atoms with Gasteiger partial charge in [-0.25, -0.2) is 0 Å². The van der Waals surface area contributed by atoms with Crippen molar-refractivity contribution in [3.05, 3.63) is 53.9 Å². The molecule has 110 valence electrons. The minimum atomic E-state index is 0.534. The van der Waals surface area contributed by atoms with Gasteiger partial charge < -0.3 is 14.8 Å². The minimum absolute atomic E-state index is 0.534. The Morgan fingerprint density at radius 2 is 2.00 bits per heavy atom. The van der Waals surface area contributed by atoms with Crippen molar-refractivity contribution in [2.45, 2.75) is 32.0 Å². The molecular formula is C17H20N2O2. The predicted octanol–water partition coefficient (Wildman–Crippen LogP) is 2.92. The van der Waals surface area contributed by atoms with Crippen molar-refractivity contribution in [2.24, 2.45) is 0 Å². The molecule has 0 amide bonds. The molecule has 0 radical (unpaired) electrons. The summed E-state index contributed by atoms with van der Waals surface area (Å²) in [5, 5.41) is 3.52. The van der Waals surface area contributed by atoms with Crippen molar-refractivity contribution in [3.63, 3.8) is 0 Å². The molecule has 1 aliphatic carbocycles. The first-order chi connectivity index (χ1) is 10.3. The summed E-state index contributed by atoms with van der Waals surface area (Å²) < 4.78 is 11.3. The van der Waals surface area contributed by atoms with Gasteiger partial charge in [-0.15, -0.1) is 0 Å². The second-order valence-electron chi connectivity index (χ2n) is 5.27. The van der Waals surface area contributed by atoms with Gasteiger partial charge in [0.2, 0.25) is 0 Å². The van der Waals surface area contributed by atoms with Crippen molar-refractivity contribution < 1.29 is 9.47 Å². The first kappa shape index (κ1) is 13.9. The van der Waals surface area contributed by atoms with Crippen molar-refractivity contribution in [3.8, 4) is 11.5 Å². The Labute approximate surface area is 125 Å². The molecule has 0 bridgehead atoms. The summed E-state index contributed by atoms with van der Waals surface area (Å²) in [6.07, 6.45) is 6.12. The molecular weight excluding hydrogens is 264 g/mol. The average molecular weight is 284 g/mol. The van der Waals surface area contributed by atoms with E-state index < -0.39 is 0 Å². The molecule has 1 aromatic carbocycles. The molecule has 1 saturated carbocycles. The zero-order chi connectivity index (χ0) is 14.5. The summed E-state index contributed by atoms with van der Waals surface area (Å²) in [6.45, 7) is 1.37. The van der Waals surface area contributed by atoms with Crippen LogP contribution >= 0.6 is 0 Å². The quantitative estimate of drug-likeness (QED) is 0.849. The van der Waals surface area contributed by atoms with E-state index in [1.807, 2.05) is 24.3 Å². The number of methoxy groups -OCH3 is 1. The van der Waals surface area contributed by atoms with E-state index in [0.717, 1.165) is 29.2 Å². The Morgan fingerprint density at radius 3 is 2.71 bits per heavy atom. The van der Waals surface area contributed by atoms with Gasteiger partial charge in [0.1, 0.15) is 18.1 Å². The third kappa shape index (κ3) is 3.95. The summed E-state index contributed by atoms with van der Waals surface area (Å²) in [7, 11) is 1.67. The molecule has 21 heavy (non-hydrogen) atoms. The first-order valence-corrected chi connectivity index (χ1v) is 7.27. The van der Waals surface area contributed by atoms with Gasteiger partial charge in [-0.2, -0.15) is 0 Å². The van der Waals surface area contributed by atoms with Gasteiger partial charge >= 0.3 is 0 Å². The van der Waals surface area contributed by atoms with Crippen LogP contribution < -0.4 is 14.8 Å². The van der Waals surface area contributed by atoms with Gasteiger partial charge in [0.25, 0.3) is 0 Å². The van der Waals surface area contributed by atoms with E-state index in [1.165, 1.54) is 12.8 Å². The maximum atomic E-state index is 5.97. The monoisotopic (exact) mass is 284 g/mol. The van der Waals surface area contributed by atoms with Crippen molar-refractivity contribution >= 4 is 0 Å². The van der Waals surface area contributed by atoms with E-state index in [4.69, 9.17) is 9.47 Å². The van der Waals surface area contributed by atoms with Gasteiger partial charge in [0, 0.05) is 36.6 Å². The molecule has 0 atom stereocenters. The lowest BCUT2D eigenvalue weighted by Crippen LogP contribution is -2.16. The van der Waals surface area contributed by atoms with Crippen LogP contribution in [-0.4, -0.2) is 18.1 Å². The second-order valence-corrected chi connectivity index (χ2v) is 5.27. The van der Waals surface area contributed by atoms with Gasteiger partial charge in [-0.3, -0.25) is 4.98 Å². The first-order valence-electron chi connectivity index (χ1n) is 7.27. The molecule has 4 heteroatoms. The highest BCUT2D eigenvalue weighted by atomic mass is 16.5. The van der Waals surface area contributed by atoms with Crippen LogP contribution in [0.1, 0.15) is 24.0 Å². The lowest BCUT2D eigenvalue weighted by Gasteiger charge is -2.13. The van der Waals surface area contributed by atoms with E-state index >= 15 is 0 Å². The van der Waals surface area contributed by atoms with Crippen LogP contribution in [0.15, 0.2) is 42.7 Å². The molecule has 0 unspecified atom stereocenters. The summed E-state index contributed by atoms with van der Waals surface area (Å²) >= 11 is 0. The molecule has 2 aromatic rings. The number of aromatic nitrogens is 1. The molecule has 0 aliphatic heterocycles. The van der Waals surface area contributed by atoms with E-state index in [-0.39, 0.29) is 0 Å². The smallest absolute Gasteiger partial charge is 0.127 e. The molecule has 3 rings (SSSR count). The Morgan fingerprint density at radius 1 is 1.19 bits per heavy atom. The number of nitrogens with one attached hydrogen (secondary N) is 1. The highest BCUT2D eigenvalue weighted by Gasteiger charge is 2.20. The number of hydrogen-bond acceptors (Lipinski definition) is 4. The maximum absolute atomic E-state index is 5.97. The molecule has 1 heterocycles. The zero-order valence-electron chi connectivity index (χ0n) is 12.2. The van der Waals surface area contributed by atoms with Crippen LogP contribution in [0.3, 0.4) is 0 Å². The van der Waals surface area contributed by atoms with Crippen LogP contribution in [0, 0.1) is 0 Å². The predicted molar refractivity (Wildman–Crippen MR) is 81.4 cm³/mol. The second kappa shape index (κ2) is 6.59. The molecule has 0 saturated heterocycles. The molecule has 1 fully saturated rings. The van der Waals surface area contributed by atoms with Crippen LogP contribution in [0.25, 0.3) is 0 Å². The summed E-state index contributed by atoms with van der Waals surface area (Å²) in [6, 6.07) is 10.6. The summed E-state index contributed by atoms with van der Waals surface area (Å²) in [4.78, 5) is 4.02. The third-order valence-electron chi connectivity index (χ3n) is 3.58. The normalized spacial score (nSPS) is 14.0. The minimum Gasteiger partial charge on any atom is -0.497 e. The van der Waals surface area contributed by atoms with Crippen molar-refractivity contribution in [2.75, 3.05) is 7.11 Å². The van der Waals surface area contributed by atoms with E-state index in [2.05, 4.69) is 16.4 Å². The molecule has 0 spiro atoms. The molecule has 1 N–H and O–H groups in total. The molecule has 1 aromatic heterocycles. The largest absolute Gasteiger partial charge is 0.497 e. The van der Waals surface area contributed by atoms with Gasteiger partial charge in [0.05, 0.1) is 7.11 Å². The molecule has 1 aliphatic rings. The van der Waals surface area contributed by atoms with Crippen molar-refractivity contribution in [1.29, 1.82) is 0 Å². The Bertz CT molecular complexity index is 583. The fourth-order valence-corrected chi connectivity index (χ4v) is 2.12. The lowest BCUT2D eigenvalue weighted by molar-refractivity contribution is 0.299. The Hall–Kier alpha value is -2.07. The van der Waals surface area contributed by atoms with Crippen LogP contribution in [0.2, 0.25) is 0 Å². The fraction of sp³-hybridized carbons (Fsp3) is 0.353. The number of pyridine rings is 1. The SMILES string of the molecule is COc1ccc(CNC2CC2)c(OCc2ccncc2)c1. The van der Waals surface area contributed by atoms with Gasteiger partial charge in [-0.05, 0) is 36.6 Å². The zero-order valence-corrected chi connectivity index (χ0v) is 12.2. The number of rotatable bonds is 7. The number of benzene rings is 1. The van der Waals surface area contributed by atoms with E-state index in [9.17, 15) is 0 Å². The fourth-order valence-electron chi connectivity index (χ4n) is 2.12. The maximum Gasteiger partial charge on any atom is 0.127 e. The Balaban J connectivity index is 1.70. The highest BCUT2D eigenvalue weighted by Crippen LogP contribution is 2.27. The standard InChI is InChI=1S/C17H20N2O2/c1-20-16-5-2-14(11-19-15-3-4-15)17(10-16)21-12-13-6-8-18-9-7-13/h2,5-10,15,19H,3-4,11-12H2,1H3. The lowest BCUT2D eigenvalue weighted by atomic mass is 10.2. The van der Waals surface area contributed by atoms with Crippen molar-refractivity contribution in [1.82, 2.24) is 10.3 Å². The van der Waals surface area contributed by atoms with Crippen LogP contribution in [0.5, 0.6) is 11.5 Å². The number of ether oxygens (including phenoxy) is 2. The van der Waals surface area contributed by atoms with Crippen LogP contribution in [-0.2, 0) is 13.2 Å². The van der Waals surface area contributed by atoms with E-state index in [1.54, 1.807) is 19.5 Å². The third-order valence-corrected chi connectivity index (χ3v) is 3.58. The summed E-state index contributed by atoms with van der Waals surface area (Å²) in [5.41, 5.74) is 2.27. The topological polar surface area (TPSA) is 43.4 Å². The average Bonchev–Trinajstić information content (AvgIpc) is 3.36. The number of hydrogen-bond donors (Lipinski definition) is 1. The molecule has 4 nitrogen and oxygen atoms in total. The number of nitrogens with zero attached hydrogens (tertiary/aromatic N) is 1. The highest BCUT2D eigenvalue weighted by molar-refractivity contribution is 5.41.